The summed E-state index contributed by atoms with van der Waals surface area (Å²) in [6.07, 6.45) is 5.25. The summed E-state index contributed by atoms with van der Waals surface area (Å²) in [4.78, 5) is 22.3. The number of aromatic nitrogens is 2. The molecule has 0 spiro atoms. The number of benzene rings is 1. The molecule has 2 N–H and O–H groups in total. The van der Waals surface area contributed by atoms with Crippen LogP contribution in [-0.4, -0.2) is 58.9 Å². The SMILES string of the molecule is CCOc1ncc(Nc2cc([C@@H](CC)CC(=O)O)ccc2[C@@H](CC)N2CCOCC2)cn1. The van der Waals surface area contributed by atoms with E-state index in [4.69, 9.17) is 9.47 Å². The molecule has 0 aliphatic carbocycles. The minimum Gasteiger partial charge on any atom is -0.481 e. The van der Waals surface area contributed by atoms with E-state index in [0.29, 0.717) is 12.6 Å². The van der Waals surface area contributed by atoms with E-state index < -0.39 is 5.97 Å². The van der Waals surface area contributed by atoms with Gasteiger partial charge >= 0.3 is 12.0 Å². The molecule has 0 saturated carbocycles. The van der Waals surface area contributed by atoms with Gasteiger partial charge in [0.2, 0.25) is 0 Å². The van der Waals surface area contributed by atoms with Crippen LogP contribution >= 0.6 is 0 Å². The third-order valence-electron chi connectivity index (χ3n) is 5.88. The molecule has 0 unspecified atom stereocenters. The van der Waals surface area contributed by atoms with Gasteiger partial charge in [-0.25, -0.2) is 9.97 Å². The van der Waals surface area contributed by atoms with E-state index in [-0.39, 0.29) is 18.4 Å². The smallest absolute Gasteiger partial charge is 0.316 e. The quantitative estimate of drug-likeness (QED) is 0.529. The fraction of sp³-hybridized carbons (Fsp3) is 0.542. The van der Waals surface area contributed by atoms with E-state index in [1.807, 2.05) is 13.8 Å². The maximum Gasteiger partial charge on any atom is 0.316 e. The topological polar surface area (TPSA) is 96.8 Å². The Bertz CT molecular complexity index is 869. The van der Waals surface area contributed by atoms with Gasteiger partial charge in [-0.15, -0.1) is 0 Å². The molecular formula is C24H34N4O4. The Balaban J connectivity index is 1.96. The van der Waals surface area contributed by atoms with Gasteiger partial charge in [0.25, 0.3) is 0 Å². The van der Waals surface area contributed by atoms with Crippen LogP contribution in [0.15, 0.2) is 30.6 Å². The number of carboxylic acids is 1. The predicted octanol–water partition coefficient (Wildman–Crippen LogP) is 4.37. The highest BCUT2D eigenvalue weighted by Gasteiger charge is 2.25. The Morgan fingerprint density at radius 1 is 1.19 bits per heavy atom. The molecule has 0 amide bonds. The molecule has 2 aromatic rings. The highest BCUT2D eigenvalue weighted by atomic mass is 16.5. The van der Waals surface area contributed by atoms with Crippen molar-refractivity contribution in [3.63, 3.8) is 0 Å². The molecule has 0 radical (unpaired) electrons. The number of rotatable bonds is 11. The van der Waals surface area contributed by atoms with Crippen LogP contribution in [0.5, 0.6) is 6.01 Å². The van der Waals surface area contributed by atoms with E-state index in [2.05, 4.69) is 45.3 Å². The second kappa shape index (κ2) is 11.8. The zero-order valence-corrected chi connectivity index (χ0v) is 19.2. The number of carboxylic acid groups (broad SMARTS) is 1. The summed E-state index contributed by atoms with van der Waals surface area (Å²) in [5.74, 6) is -0.822. The zero-order chi connectivity index (χ0) is 22.9. The standard InChI is InChI=1S/C24H34N4O4/c1-4-17(14-23(29)30)18-7-8-20(22(5-2)28-9-11-31-12-10-28)21(13-18)27-19-15-25-24(26-16-19)32-6-3/h7-8,13,15-17,22,27H,4-6,9-12,14H2,1-3H3,(H,29,30)/t17-,22+/m0/s1. The van der Waals surface area contributed by atoms with Crippen molar-refractivity contribution >= 4 is 17.3 Å². The third-order valence-corrected chi connectivity index (χ3v) is 5.88. The molecule has 1 aliphatic rings. The first-order valence-electron chi connectivity index (χ1n) is 11.4. The summed E-state index contributed by atoms with van der Waals surface area (Å²) in [6, 6.07) is 6.89. The molecule has 2 atom stereocenters. The summed E-state index contributed by atoms with van der Waals surface area (Å²) in [5.41, 5.74) is 3.91. The molecule has 2 heterocycles. The normalized spacial score (nSPS) is 16.3. The summed E-state index contributed by atoms with van der Waals surface area (Å²) in [7, 11) is 0. The number of hydrogen-bond acceptors (Lipinski definition) is 7. The van der Waals surface area contributed by atoms with Crippen molar-refractivity contribution in [2.24, 2.45) is 0 Å². The number of aliphatic carboxylic acids is 1. The predicted molar refractivity (Wildman–Crippen MR) is 124 cm³/mol. The van der Waals surface area contributed by atoms with Crippen LogP contribution in [0, 0.1) is 0 Å². The lowest BCUT2D eigenvalue weighted by atomic mass is 9.90. The van der Waals surface area contributed by atoms with Crippen molar-refractivity contribution in [3.8, 4) is 6.01 Å². The lowest BCUT2D eigenvalue weighted by Gasteiger charge is -2.35. The molecule has 1 fully saturated rings. The molecule has 174 valence electrons. The number of nitrogens with zero attached hydrogens (tertiary/aromatic N) is 3. The number of anilines is 2. The molecule has 1 aliphatic heterocycles. The van der Waals surface area contributed by atoms with Crippen molar-refractivity contribution in [1.82, 2.24) is 14.9 Å². The van der Waals surface area contributed by atoms with Gasteiger partial charge in [-0.1, -0.05) is 26.0 Å². The van der Waals surface area contributed by atoms with Gasteiger partial charge in [-0.3, -0.25) is 9.69 Å². The van der Waals surface area contributed by atoms with Crippen LogP contribution in [0.25, 0.3) is 0 Å². The van der Waals surface area contributed by atoms with Crippen LogP contribution in [0.3, 0.4) is 0 Å². The van der Waals surface area contributed by atoms with Crippen molar-refractivity contribution in [2.45, 2.75) is 52.0 Å². The molecule has 3 rings (SSSR count). The molecule has 32 heavy (non-hydrogen) atoms. The number of morpholine rings is 1. The van der Waals surface area contributed by atoms with Gasteiger partial charge in [0.05, 0.1) is 44.3 Å². The highest BCUT2D eigenvalue weighted by Crippen LogP contribution is 2.36. The van der Waals surface area contributed by atoms with Crippen molar-refractivity contribution in [1.29, 1.82) is 0 Å². The van der Waals surface area contributed by atoms with Gasteiger partial charge in [0.15, 0.2) is 0 Å². The van der Waals surface area contributed by atoms with Crippen molar-refractivity contribution < 1.29 is 19.4 Å². The van der Waals surface area contributed by atoms with Gasteiger partial charge in [0, 0.05) is 24.8 Å². The molecule has 1 saturated heterocycles. The van der Waals surface area contributed by atoms with Crippen LogP contribution in [0.1, 0.15) is 63.1 Å². The lowest BCUT2D eigenvalue weighted by Crippen LogP contribution is -2.39. The van der Waals surface area contributed by atoms with E-state index in [0.717, 1.165) is 56.1 Å². The monoisotopic (exact) mass is 442 g/mol. The Morgan fingerprint density at radius 3 is 2.50 bits per heavy atom. The molecule has 1 aromatic heterocycles. The zero-order valence-electron chi connectivity index (χ0n) is 19.2. The lowest BCUT2D eigenvalue weighted by molar-refractivity contribution is -0.137. The summed E-state index contributed by atoms with van der Waals surface area (Å²) in [6.45, 7) is 9.88. The van der Waals surface area contributed by atoms with E-state index in [1.165, 1.54) is 5.56 Å². The fourth-order valence-electron chi connectivity index (χ4n) is 4.24. The van der Waals surface area contributed by atoms with E-state index in [1.54, 1.807) is 12.4 Å². The summed E-state index contributed by atoms with van der Waals surface area (Å²) >= 11 is 0. The first-order chi connectivity index (χ1) is 15.5. The minimum absolute atomic E-state index is 0.0397. The average molecular weight is 443 g/mol. The van der Waals surface area contributed by atoms with Gasteiger partial charge in [0.1, 0.15) is 0 Å². The maximum absolute atomic E-state index is 11.4. The van der Waals surface area contributed by atoms with Crippen molar-refractivity contribution in [3.05, 3.63) is 41.7 Å². The summed E-state index contributed by atoms with van der Waals surface area (Å²) < 4.78 is 10.9. The second-order valence-electron chi connectivity index (χ2n) is 7.93. The third kappa shape index (κ3) is 6.17. The fourth-order valence-corrected chi connectivity index (χ4v) is 4.24. The van der Waals surface area contributed by atoms with Gasteiger partial charge in [-0.2, -0.15) is 0 Å². The highest BCUT2D eigenvalue weighted by molar-refractivity contribution is 5.69. The van der Waals surface area contributed by atoms with E-state index in [9.17, 15) is 9.90 Å². The molecule has 8 heteroatoms. The Hall–Kier alpha value is -2.71. The summed E-state index contributed by atoms with van der Waals surface area (Å²) in [5, 5.41) is 12.8. The second-order valence-corrected chi connectivity index (χ2v) is 7.93. The van der Waals surface area contributed by atoms with Crippen LogP contribution in [0.2, 0.25) is 0 Å². The van der Waals surface area contributed by atoms with Gasteiger partial charge < -0.3 is 19.9 Å². The molecule has 0 bridgehead atoms. The maximum atomic E-state index is 11.4. The molecule has 1 aromatic carbocycles. The number of hydrogen-bond donors (Lipinski definition) is 2. The van der Waals surface area contributed by atoms with E-state index >= 15 is 0 Å². The van der Waals surface area contributed by atoms with Crippen LogP contribution in [-0.2, 0) is 9.53 Å². The van der Waals surface area contributed by atoms with Crippen LogP contribution in [0.4, 0.5) is 11.4 Å². The number of carbonyl (C=O) groups is 1. The molecule has 8 nitrogen and oxygen atoms in total. The van der Waals surface area contributed by atoms with Crippen molar-refractivity contribution in [2.75, 3.05) is 38.2 Å². The first kappa shape index (κ1) is 23.9. The number of ether oxygens (including phenoxy) is 2. The largest absolute Gasteiger partial charge is 0.481 e. The first-order valence-corrected chi connectivity index (χ1v) is 11.4. The Kier molecular flexibility index (Phi) is 8.81. The number of nitrogens with one attached hydrogen (secondary N) is 1. The molecular weight excluding hydrogens is 408 g/mol. The van der Waals surface area contributed by atoms with Crippen LogP contribution < -0.4 is 10.1 Å². The Morgan fingerprint density at radius 2 is 1.91 bits per heavy atom. The minimum atomic E-state index is -0.782. The average Bonchev–Trinajstić information content (AvgIpc) is 2.81. The Labute approximate surface area is 190 Å². The van der Waals surface area contributed by atoms with Gasteiger partial charge in [-0.05, 0) is 42.9 Å².